The molecule has 0 saturated carbocycles. The fraction of sp³-hybridized carbons (Fsp3) is 0.227. The van der Waals surface area contributed by atoms with Gasteiger partial charge in [0.25, 0.3) is 0 Å². The van der Waals surface area contributed by atoms with E-state index in [1.165, 1.54) is 6.33 Å². The fourth-order valence-electron chi connectivity index (χ4n) is 3.49. The van der Waals surface area contributed by atoms with Crippen molar-refractivity contribution in [2.75, 3.05) is 7.05 Å². The molecule has 4 rings (SSSR count). The Bertz CT molecular complexity index is 1100. The highest BCUT2D eigenvalue weighted by Gasteiger charge is 2.19. The SMILES string of the molecule is Cc1cc2ccccc2n1CC(=O)N(C)[C@@H](C)c1ccc(-n2cncn2)cc1. The Balaban J connectivity index is 1.51. The van der Waals surface area contributed by atoms with E-state index in [9.17, 15) is 4.79 Å². The molecule has 2 aromatic carbocycles. The fourth-order valence-corrected chi connectivity index (χ4v) is 3.49. The van der Waals surface area contributed by atoms with Gasteiger partial charge in [-0.3, -0.25) is 4.79 Å². The zero-order valence-corrected chi connectivity index (χ0v) is 16.3. The van der Waals surface area contributed by atoms with Crippen molar-refractivity contribution in [3.8, 4) is 5.69 Å². The van der Waals surface area contributed by atoms with Crippen LogP contribution >= 0.6 is 0 Å². The lowest BCUT2D eigenvalue weighted by molar-refractivity contribution is -0.132. The van der Waals surface area contributed by atoms with Crippen molar-refractivity contribution in [2.45, 2.75) is 26.4 Å². The highest BCUT2D eigenvalue weighted by molar-refractivity contribution is 5.84. The van der Waals surface area contributed by atoms with E-state index >= 15 is 0 Å². The molecule has 4 aromatic rings. The standard InChI is InChI=1S/C22H23N5O/c1-16-12-19-6-4-5-7-21(19)26(16)13-22(28)25(3)17(2)18-8-10-20(11-9-18)27-15-23-14-24-27/h4-12,14-15,17H,13H2,1-3H3/t17-/m0/s1. The summed E-state index contributed by atoms with van der Waals surface area (Å²) in [5.41, 5.74) is 4.20. The Kier molecular flexibility index (Phi) is 4.69. The molecule has 0 saturated heterocycles. The quantitative estimate of drug-likeness (QED) is 0.535. The molecule has 0 radical (unpaired) electrons. The lowest BCUT2D eigenvalue weighted by Crippen LogP contribution is -2.32. The number of carbonyl (C=O) groups is 1. The molecule has 0 unspecified atom stereocenters. The Hall–Kier alpha value is -3.41. The van der Waals surface area contributed by atoms with Gasteiger partial charge < -0.3 is 9.47 Å². The lowest BCUT2D eigenvalue weighted by atomic mass is 10.1. The van der Waals surface area contributed by atoms with Crippen LogP contribution in [0.1, 0.15) is 24.2 Å². The van der Waals surface area contributed by atoms with E-state index in [0.717, 1.165) is 27.8 Å². The maximum absolute atomic E-state index is 13.0. The van der Waals surface area contributed by atoms with Gasteiger partial charge in [0, 0.05) is 18.3 Å². The number of carbonyl (C=O) groups excluding carboxylic acids is 1. The van der Waals surface area contributed by atoms with Crippen molar-refractivity contribution in [3.05, 3.63) is 78.5 Å². The number of aryl methyl sites for hydroxylation is 1. The maximum Gasteiger partial charge on any atom is 0.242 e. The number of rotatable bonds is 5. The topological polar surface area (TPSA) is 56.0 Å². The highest BCUT2D eigenvalue weighted by Crippen LogP contribution is 2.23. The summed E-state index contributed by atoms with van der Waals surface area (Å²) in [4.78, 5) is 18.7. The second kappa shape index (κ2) is 7.31. The predicted octanol–water partition coefficient (Wildman–Crippen LogP) is 3.75. The smallest absolute Gasteiger partial charge is 0.242 e. The number of nitrogens with zero attached hydrogens (tertiary/aromatic N) is 5. The molecule has 6 heteroatoms. The molecule has 2 heterocycles. The van der Waals surface area contributed by atoms with E-state index in [2.05, 4.69) is 32.8 Å². The summed E-state index contributed by atoms with van der Waals surface area (Å²) in [6.45, 7) is 4.42. The highest BCUT2D eigenvalue weighted by atomic mass is 16.2. The Morgan fingerprint density at radius 2 is 1.89 bits per heavy atom. The second-order valence-electron chi connectivity index (χ2n) is 7.04. The molecule has 0 aliphatic heterocycles. The van der Waals surface area contributed by atoms with E-state index < -0.39 is 0 Å². The summed E-state index contributed by atoms with van der Waals surface area (Å²) >= 11 is 0. The number of hydrogen-bond donors (Lipinski definition) is 0. The van der Waals surface area contributed by atoms with Crippen LogP contribution in [0.5, 0.6) is 0 Å². The molecule has 28 heavy (non-hydrogen) atoms. The van der Waals surface area contributed by atoms with Gasteiger partial charge in [0.1, 0.15) is 19.2 Å². The summed E-state index contributed by atoms with van der Waals surface area (Å²) in [6.07, 6.45) is 3.17. The van der Waals surface area contributed by atoms with E-state index in [1.807, 2.05) is 57.3 Å². The first-order chi connectivity index (χ1) is 13.5. The molecule has 0 aliphatic rings. The van der Waals surface area contributed by atoms with Crippen molar-refractivity contribution in [3.63, 3.8) is 0 Å². The number of hydrogen-bond acceptors (Lipinski definition) is 3. The number of aromatic nitrogens is 4. The molecule has 0 spiro atoms. The normalized spacial score (nSPS) is 12.2. The van der Waals surface area contributed by atoms with Gasteiger partial charge in [-0.2, -0.15) is 5.10 Å². The Labute approximate surface area is 164 Å². The molecule has 142 valence electrons. The summed E-state index contributed by atoms with van der Waals surface area (Å²) in [5.74, 6) is 0.0808. The molecule has 0 N–H and O–H groups in total. The van der Waals surface area contributed by atoms with Gasteiger partial charge in [-0.05, 0) is 49.1 Å². The van der Waals surface area contributed by atoms with Crippen LogP contribution in [0.25, 0.3) is 16.6 Å². The first-order valence-electron chi connectivity index (χ1n) is 9.30. The summed E-state index contributed by atoms with van der Waals surface area (Å²) in [5, 5.41) is 5.30. The zero-order chi connectivity index (χ0) is 19.7. The van der Waals surface area contributed by atoms with Crippen LogP contribution in [0.15, 0.2) is 67.3 Å². The van der Waals surface area contributed by atoms with Gasteiger partial charge in [-0.1, -0.05) is 30.3 Å². The average Bonchev–Trinajstić information content (AvgIpc) is 3.36. The van der Waals surface area contributed by atoms with Crippen molar-refractivity contribution in [2.24, 2.45) is 0 Å². The molecule has 6 nitrogen and oxygen atoms in total. The number of benzene rings is 2. The van der Waals surface area contributed by atoms with Gasteiger partial charge in [-0.15, -0.1) is 0 Å². The van der Waals surface area contributed by atoms with Crippen molar-refractivity contribution < 1.29 is 4.79 Å². The van der Waals surface area contributed by atoms with Crippen LogP contribution in [0, 0.1) is 6.92 Å². The van der Waals surface area contributed by atoms with Gasteiger partial charge in [-0.25, -0.2) is 9.67 Å². The largest absolute Gasteiger partial charge is 0.337 e. The van der Waals surface area contributed by atoms with Crippen LogP contribution in [-0.2, 0) is 11.3 Å². The van der Waals surface area contributed by atoms with E-state index in [-0.39, 0.29) is 11.9 Å². The second-order valence-corrected chi connectivity index (χ2v) is 7.04. The molecule has 0 bridgehead atoms. The van der Waals surface area contributed by atoms with E-state index in [1.54, 1.807) is 15.9 Å². The van der Waals surface area contributed by atoms with Crippen molar-refractivity contribution >= 4 is 16.8 Å². The molecular formula is C22H23N5O. The van der Waals surface area contributed by atoms with Gasteiger partial charge in [0.2, 0.25) is 5.91 Å². The number of para-hydroxylation sites is 1. The summed E-state index contributed by atoms with van der Waals surface area (Å²) < 4.78 is 3.79. The minimum absolute atomic E-state index is 0.0283. The maximum atomic E-state index is 13.0. The minimum atomic E-state index is -0.0283. The third-order valence-electron chi connectivity index (χ3n) is 5.34. The van der Waals surface area contributed by atoms with Gasteiger partial charge in [0.05, 0.1) is 11.7 Å². The Morgan fingerprint density at radius 1 is 1.14 bits per heavy atom. The monoisotopic (exact) mass is 373 g/mol. The Morgan fingerprint density at radius 3 is 2.61 bits per heavy atom. The predicted molar refractivity (Wildman–Crippen MR) is 109 cm³/mol. The van der Waals surface area contributed by atoms with Crippen molar-refractivity contribution in [1.82, 2.24) is 24.2 Å². The number of likely N-dealkylation sites (N-methyl/N-ethyl adjacent to an activating group) is 1. The summed E-state index contributed by atoms with van der Waals surface area (Å²) in [7, 11) is 1.86. The van der Waals surface area contributed by atoms with Crippen LogP contribution < -0.4 is 0 Å². The van der Waals surface area contributed by atoms with E-state index in [4.69, 9.17) is 0 Å². The average molecular weight is 373 g/mol. The molecule has 1 atom stereocenters. The van der Waals surface area contributed by atoms with E-state index in [0.29, 0.717) is 6.54 Å². The molecule has 1 amide bonds. The first kappa shape index (κ1) is 18.0. The first-order valence-corrected chi connectivity index (χ1v) is 9.30. The van der Waals surface area contributed by atoms with Crippen LogP contribution in [0.3, 0.4) is 0 Å². The molecule has 0 aliphatic carbocycles. The van der Waals surface area contributed by atoms with Gasteiger partial charge >= 0.3 is 0 Å². The minimum Gasteiger partial charge on any atom is -0.337 e. The van der Waals surface area contributed by atoms with Crippen LogP contribution in [0.2, 0.25) is 0 Å². The molecular weight excluding hydrogens is 350 g/mol. The third kappa shape index (κ3) is 3.29. The molecule has 2 aromatic heterocycles. The molecule has 0 fully saturated rings. The zero-order valence-electron chi connectivity index (χ0n) is 16.3. The number of amides is 1. The van der Waals surface area contributed by atoms with Crippen LogP contribution in [0.4, 0.5) is 0 Å². The third-order valence-corrected chi connectivity index (χ3v) is 5.34. The van der Waals surface area contributed by atoms with Crippen molar-refractivity contribution in [1.29, 1.82) is 0 Å². The van der Waals surface area contributed by atoms with Crippen LogP contribution in [-0.4, -0.2) is 37.2 Å². The number of fused-ring (bicyclic) bond motifs is 1. The lowest BCUT2D eigenvalue weighted by Gasteiger charge is -2.26. The summed E-state index contributed by atoms with van der Waals surface area (Å²) in [6, 6.07) is 18.3. The van der Waals surface area contributed by atoms with Gasteiger partial charge in [0.15, 0.2) is 0 Å².